The van der Waals surface area contributed by atoms with Crippen molar-refractivity contribution in [3.8, 4) is 5.75 Å². The van der Waals surface area contributed by atoms with Crippen LogP contribution in [0.2, 0.25) is 0 Å². The average Bonchev–Trinajstić information content (AvgIpc) is 3.46. The molecule has 1 unspecified atom stereocenters. The van der Waals surface area contributed by atoms with Crippen LogP contribution >= 0.6 is 0 Å². The largest absolute Gasteiger partial charge is 0.497 e. The molecule has 5 rings (SSSR count). The molecule has 8 heteroatoms. The smallest absolute Gasteiger partial charge is 0.259 e. The molecule has 1 aliphatic carbocycles. The van der Waals surface area contributed by atoms with Gasteiger partial charge in [-0.2, -0.15) is 0 Å². The second-order valence-electron chi connectivity index (χ2n) is 7.90. The Kier molecular flexibility index (Phi) is 4.69. The van der Waals surface area contributed by atoms with E-state index in [9.17, 15) is 4.79 Å². The van der Waals surface area contributed by atoms with Crippen LogP contribution in [0.15, 0.2) is 47.2 Å². The number of methoxy groups -OCH3 is 1. The molecule has 1 N–H and O–H groups in total. The lowest BCUT2D eigenvalue weighted by Crippen LogP contribution is -2.31. The Morgan fingerprint density at radius 2 is 2.16 bits per heavy atom. The van der Waals surface area contributed by atoms with Gasteiger partial charge in [0.1, 0.15) is 17.6 Å². The fourth-order valence-corrected chi connectivity index (χ4v) is 3.86. The Balaban J connectivity index is 1.58. The number of imidazole rings is 1. The van der Waals surface area contributed by atoms with Crippen LogP contribution in [0, 0.1) is 6.92 Å². The molecule has 0 spiro atoms. The highest BCUT2D eigenvalue weighted by Crippen LogP contribution is 2.40. The predicted molar refractivity (Wildman–Crippen MR) is 114 cm³/mol. The molecule has 1 saturated carbocycles. The molecule has 3 heterocycles. The first-order chi connectivity index (χ1) is 15.0. The third-order valence-electron chi connectivity index (χ3n) is 5.70. The van der Waals surface area contributed by atoms with Crippen molar-refractivity contribution in [2.24, 2.45) is 7.05 Å². The number of benzene rings is 1. The third-order valence-corrected chi connectivity index (χ3v) is 5.70. The normalized spacial score (nSPS) is 14.5. The van der Waals surface area contributed by atoms with E-state index in [4.69, 9.17) is 9.26 Å². The highest BCUT2D eigenvalue weighted by atomic mass is 16.5. The number of carbonyl (C=O) groups is 1. The number of aryl methyl sites for hydroxylation is 2. The molecular weight excluding hydrogens is 394 g/mol. The van der Waals surface area contributed by atoms with E-state index in [2.05, 4.69) is 20.4 Å². The second-order valence-corrected chi connectivity index (χ2v) is 7.90. The maximum absolute atomic E-state index is 13.6. The molecule has 1 aromatic carbocycles. The van der Waals surface area contributed by atoms with Gasteiger partial charge in [-0.15, -0.1) is 0 Å². The summed E-state index contributed by atoms with van der Waals surface area (Å²) in [6.45, 7) is 1.82. The molecule has 3 aromatic heterocycles. The lowest BCUT2D eigenvalue weighted by atomic mass is 10.0. The van der Waals surface area contributed by atoms with Crippen LogP contribution in [-0.2, 0) is 7.05 Å². The van der Waals surface area contributed by atoms with E-state index in [0.29, 0.717) is 34.0 Å². The summed E-state index contributed by atoms with van der Waals surface area (Å²) in [4.78, 5) is 22.6. The van der Waals surface area contributed by atoms with Gasteiger partial charge in [-0.1, -0.05) is 17.3 Å². The molecule has 1 fully saturated rings. The van der Waals surface area contributed by atoms with E-state index in [1.165, 1.54) is 0 Å². The minimum Gasteiger partial charge on any atom is -0.497 e. The van der Waals surface area contributed by atoms with Gasteiger partial charge in [0.25, 0.3) is 11.6 Å². The van der Waals surface area contributed by atoms with E-state index >= 15 is 0 Å². The molecule has 1 amide bonds. The van der Waals surface area contributed by atoms with Crippen LogP contribution in [-0.4, -0.2) is 32.7 Å². The summed E-state index contributed by atoms with van der Waals surface area (Å²) < 4.78 is 12.7. The molecule has 158 valence electrons. The summed E-state index contributed by atoms with van der Waals surface area (Å²) in [6.07, 6.45) is 5.72. The van der Waals surface area contributed by atoms with Crippen molar-refractivity contribution >= 4 is 17.0 Å². The molecule has 8 nitrogen and oxygen atoms in total. The van der Waals surface area contributed by atoms with Crippen molar-refractivity contribution in [3.05, 3.63) is 71.1 Å². The first kappa shape index (κ1) is 19.3. The molecular formula is C23H23N5O3. The lowest BCUT2D eigenvalue weighted by Gasteiger charge is -2.20. The average molecular weight is 417 g/mol. The molecule has 0 saturated heterocycles. The van der Waals surface area contributed by atoms with Crippen LogP contribution in [0.4, 0.5) is 0 Å². The van der Waals surface area contributed by atoms with E-state index in [-0.39, 0.29) is 5.91 Å². The van der Waals surface area contributed by atoms with E-state index < -0.39 is 6.04 Å². The van der Waals surface area contributed by atoms with Gasteiger partial charge in [-0.05, 0) is 43.5 Å². The summed E-state index contributed by atoms with van der Waals surface area (Å²) in [5, 5.41) is 7.84. The number of nitrogens with one attached hydrogen (secondary N) is 1. The van der Waals surface area contributed by atoms with E-state index in [1.54, 1.807) is 13.3 Å². The second kappa shape index (κ2) is 7.54. The van der Waals surface area contributed by atoms with Crippen molar-refractivity contribution in [1.82, 2.24) is 25.0 Å². The number of amides is 1. The number of hydrogen-bond donors (Lipinski definition) is 1. The number of hydrogen-bond acceptors (Lipinski definition) is 6. The van der Waals surface area contributed by atoms with Gasteiger partial charge >= 0.3 is 0 Å². The molecule has 0 aliphatic heterocycles. The van der Waals surface area contributed by atoms with Gasteiger partial charge in [0.05, 0.1) is 23.8 Å². The van der Waals surface area contributed by atoms with Crippen molar-refractivity contribution in [1.29, 1.82) is 0 Å². The van der Waals surface area contributed by atoms with Crippen LogP contribution < -0.4 is 10.1 Å². The Morgan fingerprint density at radius 3 is 2.87 bits per heavy atom. The minimum atomic E-state index is -0.463. The number of nitrogens with zero attached hydrogens (tertiary/aromatic N) is 4. The maximum atomic E-state index is 13.6. The van der Waals surface area contributed by atoms with Gasteiger partial charge in [0.15, 0.2) is 0 Å². The number of aromatic nitrogens is 4. The van der Waals surface area contributed by atoms with Crippen molar-refractivity contribution < 1.29 is 14.1 Å². The zero-order chi connectivity index (χ0) is 21.5. The van der Waals surface area contributed by atoms with Crippen LogP contribution in [0.5, 0.6) is 5.75 Å². The predicted octanol–water partition coefficient (Wildman–Crippen LogP) is 3.67. The van der Waals surface area contributed by atoms with Gasteiger partial charge < -0.3 is 19.1 Å². The van der Waals surface area contributed by atoms with Crippen molar-refractivity contribution in [3.63, 3.8) is 0 Å². The quantitative estimate of drug-likeness (QED) is 0.514. The first-order valence-electron chi connectivity index (χ1n) is 10.2. The van der Waals surface area contributed by atoms with Crippen LogP contribution in [0.25, 0.3) is 11.1 Å². The summed E-state index contributed by atoms with van der Waals surface area (Å²) in [5.41, 5.74) is 3.32. The Bertz CT molecular complexity index is 1270. The van der Waals surface area contributed by atoms with Gasteiger partial charge in [0.2, 0.25) is 0 Å². The number of fused-ring (bicyclic) bond motifs is 1. The Labute approximate surface area is 179 Å². The van der Waals surface area contributed by atoms with Crippen molar-refractivity contribution in [2.75, 3.05) is 7.11 Å². The highest BCUT2D eigenvalue weighted by molar-refractivity contribution is 6.06. The molecule has 31 heavy (non-hydrogen) atoms. The lowest BCUT2D eigenvalue weighted by molar-refractivity contribution is 0.0942. The zero-order valence-corrected chi connectivity index (χ0v) is 17.6. The van der Waals surface area contributed by atoms with E-state index in [1.807, 2.05) is 55.1 Å². The maximum Gasteiger partial charge on any atom is 0.259 e. The molecule has 0 radical (unpaired) electrons. The molecule has 1 atom stereocenters. The van der Waals surface area contributed by atoms with Crippen molar-refractivity contribution in [2.45, 2.75) is 31.7 Å². The zero-order valence-electron chi connectivity index (χ0n) is 17.6. The Morgan fingerprint density at radius 1 is 1.32 bits per heavy atom. The highest BCUT2D eigenvalue weighted by Gasteiger charge is 2.30. The molecule has 0 bridgehead atoms. The SMILES string of the molecule is COc1cccc(C(NC(=O)c2cc(C3CC3)nc3onc(C)c23)c2nccn2C)c1. The van der Waals surface area contributed by atoms with Gasteiger partial charge in [-0.3, -0.25) is 4.79 Å². The fraction of sp³-hybridized carbons (Fsp3) is 0.304. The monoisotopic (exact) mass is 417 g/mol. The number of ether oxygens (including phenoxy) is 1. The molecule has 1 aliphatic rings. The van der Waals surface area contributed by atoms with Crippen LogP contribution in [0.3, 0.4) is 0 Å². The minimum absolute atomic E-state index is 0.226. The Hall–Kier alpha value is -3.68. The number of carbonyl (C=O) groups excluding carboxylic acids is 1. The van der Waals surface area contributed by atoms with E-state index in [0.717, 1.165) is 29.9 Å². The summed E-state index contributed by atoms with van der Waals surface area (Å²) in [7, 11) is 3.52. The summed E-state index contributed by atoms with van der Waals surface area (Å²) in [5.74, 6) is 1.58. The molecule has 4 aromatic rings. The third kappa shape index (κ3) is 3.54. The first-order valence-corrected chi connectivity index (χ1v) is 10.2. The number of pyridine rings is 1. The van der Waals surface area contributed by atoms with Gasteiger partial charge in [0, 0.05) is 31.1 Å². The van der Waals surface area contributed by atoms with Crippen LogP contribution in [0.1, 0.15) is 57.9 Å². The van der Waals surface area contributed by atoms with Gasteiger partial charge in [-0.25, -0.2) is 9.97 Å². The summed E-state index contributed by atoms with van der Waals surface area (Å²) >= 11 is 0. The standard InChI is InChI=1S/C23H23N5O3/c1-13-19-17(12-18(14-7-8-14)25-23(19)31-27-13)22(29)26-20(21-24-9-10-28(21)2)15-5-4-6-16(11-15)30-3/h4-6,9-12,14,20H,7-8H2,1-3H3,(H,26,29). The number of rotatable bonds is 6. The summed E-state index contributed by atoms with van der Waals surface area (Å²) in [6, 6.07) is 9.04. The fourth-order valence-electron chi connectivity index (χ4n) is 3.86. The topological polar surface area (TPSA) is 95.1 Å².